The van der Waals surface area contributed by atoms with Gasteiger partial charge in [0, 0.05) is 209 Å². The summed E-state index contributed by atoms with van der Waals surface area (Å²) < 4.78 is 6.07. The number of primary amides is 1. The number of benzene rings is 4. The number of fused-ring (bicyclic) bond motifs is 3. The highest BCUT2D eigenvalue weighted by molar-refractivity contribution is 5.93. The lowest BCUT2D eigenvalue weighted by Gasteiger charge is -2.41. The van der Waals surface area contributed by atoms with Gasteiger partial charge in [-0.05, 0) is 178 Å². The lowest BCUT2D eigenvalue weighted by Crippen LogP contribution is -2.50. The Labute approximate surface area is 586 Å². The van der Waals surface area contributed by atoms with E-state index < -0.39 is 5.91 Å². The summed E-state index contributed by atoms with van der Waals surface area (Å²) in [5, 5.41) is 10.6. The first-order valence-corrected chi connectivity index (χ1v) is 35.9. The fourth-order valence-corrected chi connectivity index (χ4v) is 15.1. The zero-order valence-electron chi connectivity index (χ0n) is 56.9. The lowest BCUT2D eigenvalue weighted by molar-refractivity contribution is 0.1000. The molecule has 11 heterocycles. The second-order valence-electron chi connectivity index (χ2n) is 27.4. The number of amides is 1. The van der Waals surface area contributed by atoms with Gasteiger partial charge in [-0.2, -0.15) is 0 Å². The smallest absolute Gasteiger partial charge is 0.248 e. The average Bonchev–Trinajstić information content (AvgIpc) is 1.75. The van der Waals surface area contributed by atoms with Crippen LogP contribution in [-0.2, 0) is 0 Å². The molecule has 101 heavy (non-hydrogen) atoms. The van der Waals surface area contributed by atoms with Crippen molar-refractivity contribution in [3.63, 3.8) is 0 Å². The van der Waals surface area contributed by atoms with Crippen molar-refractivity contribution < 1.29 is 4.79 Å². The van der Waals surface area contributed by atoms with E-state index >= 15 is 0 Å². The highest BCUT2D eigenvalue weighted by Crippen LogP contribution is 2.35. The van der Waals surface area contributed by atoms with Gasteiger partial charge in [0.1, 0.15) is 0 Å². The molecule has 21 heteroatoms. The highest BCUT2D eigenvalue weighted by Gasteiger charge is 2.33. The molecule has 12 aromatic rings. The van der Waals surface area contributed by atoms with Gasteiger partial charge in [-0.1, -0.05) is 31.4 Å². The van der Waals surface area contributed by atoms with Gasteiger partial charge in [-0.25, -0.2) is 15.0 Å². The number of hydrogen-bond donors (Lipinski definition) is 6. The molecule has 0 unspecified atom stereocenters. The largest absolute Gasteiger partial charge is 0.369 e. The molecule has 1 amide bonds. The first-order chi connectivity index (χ1) is 49.6. The predicted octanol–water partition coefficient (Wildman–Crippen LogP) is 12.7. The Bertz CT molecular complexity index is 4950. The van der Waals surface area contributed by atoms with Gasteiger partial charge in [-0.15, -0.1) is 0 Å². The fraction of sp³-hybridized carbons (Fsp3) is 0.300. The van der Waals surface area contributed by atoms with Crippen LogP contribution in [0.4, 0.5) is 51.2 Å². The van der Waals surface area contributed by atoms with Gasteiger partial charge in [0.15, 0.2) is 16.9 Å². The highest BCUT2D eigenvalue weighted by atomic mass is 16.1. The average molecular weight is 1350 g/mol. The number of carbonyl (C=O) groups is 1. The van der Waals surface area contributed by atoms with E-state index in [4.69, 9.17) is 5.73 Å². The molecule has 3 aliphatic heterocycles. The molecule has 3 aliphatic carbocycles. The summed E-state index contributed by atoms with van der Waals surface area (Å²) in [6.45, 7) is 13.6. The normalized spacial score (nSPS) is 17.1. The summed E-state index contributed by atoms with van der Waals surface area (Å²) in [5.41, 5.74) is 23.4. The number of carbonyl (C=O) groups excluding carboxylic acids is 1. The van der Waals surface area contributed by atoms with Gasteiger partial charge in [0.05, 0.1) is 34.1 Å². The predicted molar refractivity (Wildman–Crippen MR) is 405 cm³/mol. The molecule has 3 saturated heterocycles. The molecule has 0 radical (unpaired) electrons. The van der Waals surface area contributed by atoms with Crippen LogP contribution in [0.2, 0.25) is 0 Å². The number of rotatable bonds is 16. The Morgan fingerprint density at radius 3 is 1.04 bits per heavy atom. The first-order valence-electron chi connectivity index (χ1n) is 35.9. The number of hydrogen-bond acceptors (Lipinski definition) is 15. The molecule has 21 nitrogen and oxygen atoms in total. The minimum Gasteiger partial charge on any atom is -0.369 e. The Hall–Kier alpha value is -11.0. The molecule has 514 valence electrons. The van der Waals surface area contributed by atoms with Crippen molar-refractivity contribution in [3.05, 3.63) is 234 Å². The first kappa shape index (κ1) is 64.7. The number of nitrogens with two attached hydrogens (primary N) is 1. The summed E-state index contributed by atoms with van der Waals surface area (Å²) in [6.07, 6.45) is 27.0. The van der Waals surface area contributed by atoms with Crippen molar-refractivity contribution in [2.75, 3.05) is 109 Å². The van der Waals surface area contributed by atoms with Crippen molar-refractivity contribution in [3.8, 4) is 33.8 Å². The topological polar surface area (TPSA) is 216 Å². The monoisotopic (exact) mass is 1350 g/mol. The van der Waals surface area contributed by atoms with E-state index in [-0.39, 0.29) is 11.1 Å². The standard InChI is InChI=1S/C28H32N6O.C27H28N6O.C25H26N6O/c35-27-20-21(12-13-29-27)26-11-10-25(28-30-14-15-34(26)28)31-22-6-8-24(9-7-22)33-18-16-32(17-19-33)23-4-2-1-3-5-23;28-26(34)20-3-1-19(2-4-20)25-12-11-24(27-29-13-14-33(25)27)30-21-5-7-22(8-6-21)31-15-17-32(18-16-31)23-9-10-23;32-24-17-18(9-10-26-24)23-8-7-22(25-27-11-12-31(23)25)28-19-1-3-20(4-2-19)29-13-15-30(16-14-29)21-5-6-21/h6-15,20,23,31H,1-5,16-19H2,(H,29,35);1-8,11-14,23,30H,9-10,15-18H2,(H2,28,34);1-4,7-12,17,21,28H,5-6,13-16H2,(H,26,32). The van der Waals surface area contributed by atoms with Gasteiger partial charge < -0.3 is 46.4 Å². The number of pyridine rings is 5. The molecule has 6 aliphatic rings. The van der Waals surface area contributed by atoms with Crippen molar-refractivity contribution in [1.82, 2.24) is 52.8 Å². The molecule has 8 aromatic heterocycles. The molecule has 0 atom stereocenters. The second kappa shape index (κ2) is 29.1. The molecular formula is C80H86N18O3. The third-order valence-electron chi connectivity index (χ3n) is 20.9. The van der Waals surface area contributed by atoms with Crippen LogP contribution in [0.25, 0.3) is 50.7 Å². The Morgan fingerprint density at radius 1 is 0.376 bits per heavy atom. The molecule has 6 fully saturated rings. The van der Waals surface area contributed by atoms with Crippen LogP contribution in [0.1, 0.15) is 68.1 Å². The maximum Gasteiger partial charge on any atom is 0.248 e. The second-order valence-corrected chi connectivity index (χ2v) is 27.4. The van der Waals surface area contributed by atoms with Crippen LogP contribution in [-0.4, -0.2) is 155 Å². The summed E-state index contributed by atoms with van der Waals surface area (Å²) in [7, 11) is 0. The minimum absolute atomic E-state index is 0.117. The van der Waals surface area contributed by atoms with Crippen LogP contribution >= 0.6 is 0 Å². The van der Waals surface area contributed by atoms with E-state index in [9.17, 15) is 14.4 Å². The Balaban J connectivity index is 0.000000118. The number of anilines is 9. The summed E-state index contributed by atoms with van der Waals surface area (Å²) >= 11 is 0. The third kappa shape index (κ3) is 14.7. The van der Waals surface area contributed by atoms with E-state index in [2.05, 4.69) is 154 Å². The number of nitrogens with zero attached hydrogens (tertiary/aromatic N) is 12. The Kier molecular flexibility index (Phi) is 18.6. The van der Waals surface area contributed by atoms with Crippen molar-refractivity contribution >= 4 is 74.0 Å². The fourth-order valence-electron chi connectivity index (χ4n) is 15.1. The van der Waals surface area contributed by atoms with E-state index in [0.29, 0.717) is 5.56 Å². The van der Waals surface area contributed by atoms with Crippen LogP contribution in [0.15, 0.2) is 217 Å². The molecule has 18 rings (SSSR count). The maximum absolute atomic E-state index is 11.8. The van der Waals surface area contributed by atoms with E-state index in [1.54, 1.807) is 55.2 Å². The van der Waals surface area contributed by atoms with Crippen molar-refractivity contribution in [2.24, 2.45) is 5.73 Å². The van der Waals surface area contributed by atoms with E-state index in [0.717, 1.165) is 142 Å². The molecule has 3 saturated carbocycles. The number of piperazine rings is 3. The Morgan fingerprint density at radius 2 is 0.713 bits per heavy atom. The van der Waals surface area contributed by atoms with Gasteiger partial charge in [0.25, 0.3) is 0 Å². The number of H-pyrrole nitrogens is 2. The molecule has 7 N–H and O–H groups in total. The van der Waals surface area contributed by atoms with Crippen LogP contribution in [0.5, 0.6) is 0 Å². The zero-order chi connectivity index (χ0) is 68.2. The SMILES string of the molecule is NC(=O)c1ccc(-c2ccc(Nc3ccc(N4CCN(C5CC5)CC4)cc3)c3nccn23)cc1.O=c1cc(-c2ccc(Nc3ccc(N4CCN(C5CC5)CC4)cc3)c3nccn23)cc[nH]1.O=c1cc(-c2ccc(Nc3ccc(N4CCN(C5CCCCC5)CC4)cc3)c3nccn23)cc[nH]1. The van der Waals surface area contributed by atoms with Gasteiger partial charge in [-0.3, -0.25) is 42.3 Å². The molecule has 0 bridgehead atoms. The van der Waals surface area contributed by atoms with E-state index in [1.165, 1.54) is 114 Å². The summed E-state index contributed by atoms with van der Waals surface area (Å²) in [6, 6.07) is 55.1. The third-order valence-corrected chi connectivity index (χ3v) is 20.9. The number of nitrogens with one attached hydrogen (secondary N) is 5. The molecule has 4 aromatic carbocycles. The van der Waals surface area contributed by atoms with Crippen molar-refractivity contribution in [2.45, 2.75) is 75.9 Å². The van der Waals surface area contributed by atoms with Gasteiger partial charge in [0.2, 0.25) is 17.0 Å². The maximum atomic E-state index is 11.8. The van der Waals surface area contributed by atoms with Crippen LogP contribution in [0.3, 0.4) is 0 Å². The zero-order valence-corrected chi connectivity index (χ0v) is 56.9. The number of aromatic nitrogens is 8. The minimum atomic E-state index is -0.426. The molecular weight excluding hydrogens is 1260 g/mol. The number of imidazole rings is 3. The van der Waals surface area contributed by atoms with Gasteiger partial charge >= 0.3 is 0 Å². The number of aromatic amines is 2. The quantitative estimate of drug-likeness (QED) is 0.0530. The van der Waals surface area contributed by atoms with Crippen LogP contribution < -0.4 is 47.5 Å². The molecule has 0 spiro atoms. The van der Waals surface area contributed by atoms with Crippen LogP contribution in [0, 0.1) is 0 Å². The van der Waals surface area contributed by atoms with E-state index in [1.807, 2.05) is 82.0 Å². The van der Waals surface area contributed by atoms with Crippen molar-refractivity contribution in [1.29, 1.82) is 0 Å². The lowest BCUT2D eigenvalue weighted by atomic mass is 9.94. The summed E-state index contributed by atoms with van der Waals surface area (Å²) in [5.74, 6) is -0.426. The summed E-state index contributed by atoms with van der Waals surface area (Å²) in [4.78, 5) is 69.4.